The second kappa shape index (κ2) is 10.7. The van der Waals surface area contributed by atoms with Gasteiger partial charge in [-0.2, -0.15) is 5.10 Å². The zero-order valence-electron chi connectivity index (χ0n) is 20.2. The molecule has 0 radical (unpaired) electrons. The van der Waals surface area contributed by atoms with Gasteiger partial charge >= 0.3 is 5.97 Å². The molecular weight excluding hydrogens is 436 g/mol. The van der Waals surface area contributed by atoms with Crippen molar-refractivity contribution < 1.29 is 14.3 Å². The number of amides is 1. The predicted molar refractivity (Wildman–Crippen MR) is 131 cm³/mol. The van der Waals surface area contributed by atoms with Crippen LogP contribution in [0.2, 0.25) is 0 Å². The molecule has 2 heterocycles. The summed E-state index contributed by atoms with van der Waals surface area (Å²) in [5.74, 6) is -0.0356. The number of esters is 1. The molecule has 3 aromatic rings. The summed E-state index contributed by atoms with van der Waals surface area (Å²) in [5.41, 5.74) is 4.37. The van der Waals surface area contributed by atoms with Gasteiger partial charge in [0, 0.05) is 17.8 Å². The number of carbonyl (C=O) groups is 2. The number of aromatic nitrogens is 3. The van der Waals surface area contributed by atoms with Crippen LogP contribution in [0, 0.1) is 26.7 Å². The number of rotatable bonds is 9. The third-order valence-electron chi connectivity index (χ3n) is 5.36. The van der Waals surface area contributed by atoms with E-state index in [4.69, 9.17) is 4.74 Å². The van der Waals surface area contributed by atoms with Crippen LogP contribution >= 0.6 is 11.3 Å². The van der Waals surface area contributed by atoms with E-state index in [2.05, 4.69) is 23.9 Å². The van der Waals surface area contributed by atoms with Gasteiger partial charge in [-0.05, 0) is 39.2 Å². The first kappa shape index (κ1) is 24.6. The third kappa shape index (κ3) is 5.87. The molecule has 7 nitrogen and oxygen atoms in total. The van der Waals surface area contributed by atoms with Crippen molar-refractivity contribution in [1.82, 2.24) is 14.8 Å². The van der Waals surface area contributed by atoms with Gasteiger partial charge in [0.05, 0.1) is 31.0 Å². The highest BCUT2D eigenvalue weighted by Gasteiger charge is 2.26. The lowest BCUT2D eigenvalue weighted by atomic mass is 10.1. The van der Waals surface area contributed by atoms with E-state index in [1.165, 1.54) is 11.3 Å². The van der Waals surface area contributed by atoms with Gasteiger partial charge in [-0.25, -0.2) is 9.78 Å². The van der Waals surface area contributed by atoms with Crippen molar-refractivity contribution >= 4 is 28.3 Å². The minimum absolute atomic E-state index is 0.0849. The second-order valence-corrected chi connectivity index (χ2v) is 9.48. The summed E-state index contributed by atoms with van der Waals surface area (Å²) >= 11 is 1.19. The summed E-state index contributed by atoms with van der Waals surface area (Å²) < 4.78 is 7.14. The summed E-state index contributed by atoms with van der Waals surface area (Å²) in [6.45, 7) is 13.3. The molecule has 0 aliphatic rings. The largest absolute Gasteiger partial charge is 0.462 e. The Kier molecular flexibility index (Phi) is 8.02. The second-order valence-electron chi connectivity index (χ2n) is 8.50. The van der Waals surface area contributed by atoms with E-state index in [0.29, 0.717) is 28.2 Å². The standard InChI is InChI=1S/C25H32N4O3S/c1-7-32-24(31)23-18(5)26-25(33-23)28(15-20-11-9-8-10-12-20)22(30)13-21-17(4)27-29(19(21)6)14-16(2)3/h8-12,16H,7,13-15H2,1-6H3. The smallest absolute Gasteiger partial charge is 0.350 e. The van der Waals surface area contributed by atoms with E-state index < -0.39 is 5.97 Å². The number of benzene rings is 1. The molecule has 0 unspecified atom stereocenters. The molecule has 0 atom stereocenters. The molecule has 3 rings (SSSR count). The number of hydrogen-bond donors (Lipinski definition) is 0. The van der Waals surface area contributed by atoms with Crippen LogP contribution in [0.3, 0.4) is 0 Å². The summed E-state index contributed by atoms with van der Waals surface area (Å²) in [6, 6.07) is 9.78. The first-order valence-electron chi connectivity index (χ1n) is 11.2. The predicted octanol–water partition coefficient (Wildman–Crippen LogP) is 4.87. The van der Waals surface area contributed by atoms with Crippen LogP contribution in [-0.4, -0.2) is 33.2 Å². The van der Waals surface area contributed by atoms with Crippen molar-refractivity contribution in [2.45, 2.75) is 61.1 Å². The maximum absolute atomic E-state index is 13.6. The number of ether oxygens (including phenoxy) is 1. The summed E-state index contributed by atoms with van der Waals surface area (Å²) in [6.07, 6.45) is 0.218. The highest BCUT2D eigenvalue weighted by atomic mass is 32.1. The van der Waals surface area contributed by atoms with Crippen molar-refractivity contribution in [2.75, 3.05) is 11.5 Å². The van der Waals surface area contributed by atoms with E-state index in [9.17, 15) is 9.59 Å². The van der Waals surface area contributed by atoms with Crippen molar-refractivity contribution in [1.29, 1.82) is 0 Å². The molecule has 2 aromatic heterocycles. The average molecular weight is 469 g/mol. The number of nitrogens with zero attached hydrogens (tertiary/aromatic N) is 4. The first-order valence-corrected chi connectivity index (χ1v) is 12.0. The topological polar surface area (TPSA) is 77.3 Å². The van der Waals surface area contributed by atoms with Crippen LogP contribution < -0.4 is 4.90 Å². The molecule has 8 heteroatoms. The fourth-order valence-corrected chi connectivity index (χ4v) is 4.65. The van der Waals surface area contributed by atoms with Crippen LogP contribution in [0.25, 0.3) is 0 Å². The first-order chi connectivity index (χ1) is 15.7. The Morgan fingerprint density at radius 3 is 2.45 bits per heavy atom. The Morgan fingerprint density at radius 2 is 1.82 bits per heavy atom. The monoisotopic (exact) mass is 468 g/mol. The lowest BCUT2D eigenvalue weighted by molar-refractivity contribution is -0.118. The molecular formula is C25H32N4O3S. The fraction of sp³-hybridized carbons (Fsp3) is 0.440. The molecule has 0 bridgehead atoms. The van der Waals surface area contributed by atoms with Gasteiger partial charge < -0.3 is 4.74 Å². The molecule has 0 N–H and O–H groups in total. The summed E-state index contributed by atoms with van der Waals surface area (Å²) in [7, 11) is 0. The lowest BCUT2D eigenvalue weighted by Gasteiger charge is -2.20. The molecule has 1 amide bonds. The molecule has 1 aromatic carbocycles. The Hall–Kier alpha value is -3.00. The van der Waals surface area contributed by atoms with Crippen molar-refractivity contribution in [2.24, 2.45) is 5.92 Å². The Balaban J connectivity index is 1.94. The van der Waals surface area contributed by atoms with Gasteiger partial charge in [0.15, 0.2) is 5.13 Å². The van der Waals surface area contributed by atoms with Crippen molar-refractivity contribution in [3.63, 3.8) is 0 Å². The summed E-state index contributed by atoms with van der Waals surface area (Å²) in [5, 5.41) is 5.15. The minimum Gasteiger partial charge on any atom is -0.462 e. The van der Waals surface area contributed by atoms with Gasteiger partial charge in [0.2, 0.25) is 5.91 Å². The van der Waals surface area contributed by atoms with Gasteiger partial charge in [0.1, 0.15) is 4.88 Å². The van der Waals surface area contributed by atoms with Crippen molar-refractivity contribution in [3.05, 3.63) is 63.4 Å². The van der Waals surface area contributed by atoms with E-state index in [1.54, 1.807) is 18.7 Å². The maximum Gasteiger partial charge on any atom is 0.350 e. The molecule has 0 fully saturated rings. The maximum atomic E-state index is 13.6. The molecule has 0 saturated heterocycles. The van der Waals surface area contributed by atoms with E-state index in [-0.39, 0.29) is 18.9 Å². The fourth-order valence-electron chi connectivity index (χ4n) is 3.67. The molecule has 0 saturated carbocycles. The minimum atomic E-state index is -0.410. The van der Waals surface area contributed by atoms with Gasteiger partial charge in [-0.1, -0.05) is 55.5 Å². The van der Waals surface area contributed by atoms with Crippen LogP contribution in [0.15, 0.2) is 30.3 Å². The number of carbonyl (C=O) groups excluding carboxylic acids is 2. The van der Waals surface area contributed by atoms with Gasteiger partial charge in [0.25, 0.3) is 0 Å². The molecule has 176 valence electrons. The molecule has 0 aliphatic heterocycles. The third-order valence-corrected chi connectivity index (χ3v) is 6.52. The normalized spacial score (nSPS) is 11.1. The number of hydrogen-bond acceptors (Lipinski definition) is 6. The lowest BCUT2D eigenvalue weighted by Crippen LogP contribution is -2.32. The Labute approximate surface area is 199 Å². The quantitative estimate of drug-likeness (QED) is 0.419. The van der Waals surface area contributed by atoms with E-state index >= 15 is 0 Å². The van der Waals surface area contributed by atoms with Crippen LogP contribution in [-0.2, 0) is 29.0 Å². The highest BCUT2D eigenvalue weighted by Crippen LogP contribution is 2.29. The average Bonchev–Trinajstić information content (AvgIpc) is 3.27. The summed E-state index contributed by atoms with van der Waals surface area (Å²) in [4.78, 5) is 32.6. The zero-order valence-corrected chi connectivity index (χ0v) is 21.0. The van der Waals surface area contributed by atoms with E-state index in [1.807, 2.05) is 48.9 Å². The van der Waals surface area contributed by atoms with Gasteiger partial charge in [-0.3, -0.25) is 14.4 Å². The molecule has 0 spiro atoms. The Bertz CT molecular complexity index is 1120. The molecule has 0 aliphatic carbocycles. The number of aryl methyl sites for hydroxylation is 2. The van der Waals surface area contributed by atoms with E-state index in [0.717, 1.165) is 29.1 Å². The van der Waals surface area contributed by atoms with Gasteiger partial charge in [-0.15, -0.1) is 0 Å². The van der Waals surface area contributed by atoms with Crippen LogP contribution in [0.5, 0.6) is 0 Å². The van der Waals surface area contributed by atoms with Crippen LogP contribution in [0.4, 0.5) is 5.13 Å². The number of thiazole rings is 1. The van der Waals surface area contributed by atoms with Crippen molar-refractivity contribution in [3.8, 4) is 0 Å². The highest BCUT2D eigenvalue weighted by molar-refractivity contribution is 7.17. The molecule has 33 heavy (non-hydrogen) atoms. The zero-order chi connectivity index (χ0) is 24.1. The SMILES string of the molecule is CCOC(=O)c1sc(N(Cc2ccccc2)C(=O)Cc2c(C)nn(CC(C)C)c2C)nc1C. The number of anilines is 1. The van der Waals surface area contributed by atoms with Crippen LogP contribution in [0.1, 0.15) is 58.7 Å². The Morgan fingerprint density at radius 1 is 1.12 bits per heavy atom.